The third kappa shape index (κ3) is 4.24. The third-order valence-corrected chi connectivity index (χ3v) is 3.40. The van der Waals surface area contributed by atoms with E-state index in [0.717, 1.165) is 11.3 Å². The molecular weight excluding hydrogens is 290 g/mol. The van der Waals surface area contributed by atoms with Gasteiger partial charge in [-0.25, -0.2) is 0 Å². The maximum Gasteiger partial charge on any atom is 0.238 e. The summed E-state index contributed by atoms with van der Waals surface area (Å²) in [5.74, 6) is 0.731. The van der Waals surface area contributed by atoms with Crippen molar-refractivity contribution in [1.29, 1.82) is 0 Å². The molecule has 0 aliphatic carbocycles. The molecule has 0 aliphatic rings. The van der Waals surface area contributed by atoms with Crippen LogP contribution in [0.5, 0.6) is 0 Å². The molecule has 1 heterocycles. The molecule has 3 N–H and O–H groups in total. The Labute approximate surface area is 128 Å². The van der Waals surface area contributed by atoms with Crippen molar-refractivity contribution in [1.82, 2.24) is 4.90 Å². The van der Waals surface area contributed by atoms with Gasteiger partial charge in [-0.2, -0.15) is 0 Å². The number of amides is 1. The fraction of sp³-hybridized carbons (Fsp3) is 0.267. The number of nitrogens with two attached hydrogens (primary N) is 1. The van der Waals surface area contributed by atoms with Gasteiger partial charge in [0.15, 0.2) is 0 Å². The summed E-state index contributed by atoms with van der Waals surface area (Å²) in [5.41, 5.74) is 7.80. The Kier molecular flexibility index (Phi) is 4.88. The molecule has 0 fully saturated rings. The quantitative estimate of drug-likeness (QED) is 0.833. The summed E-state index contributed by atoms with van der Waals surface area (Å²) in [6.07, 6.45) is 1.65. The van der Waals surface area contributed by atoms with Gasteiger partial charge in [0, 0.05) is 17.8 Å². The number of halogens is 1. The first-order valence-electron chi connectivity index (χ1n) is 6.52. The number of rotatable bonds is 5. The minimum Gasteiger partial charge on any atom is -0.469 e. The lowest BCUT2D eigenvalue weighted by Gasteiger charge is -2.16. The van der Waals surface area contributed by atoms with Gasteiger partial charge in [-0.05, 0) is 38.2 Å². The highest BCUT2D eigenvalue weighted by Gasteiger charge is 2.11. The molecule has 0 spiro atoms. The second kappa shape index (κ2) is 6.65. The van der Waals surface area contributed by atoms with Crippen molar-refractivity contribution < 1.29 is 9.21 Å². The minimum absolute atomic E-state index is 0.134. The number of furan rings is 1. The van der Waals surface area contributed by atoms with Crippen LogP contribution in [0.2, 0.25) is 5.02 Å². The Morgan fingerprint density at radius 2 is 2.19 bits per heavy atom. The molecule has 5 nitrogen and oxygen atoms in total. The van der Waals surface area contributed by atoms with Crippen LogP contribution in [0.25, 0.3) is 0 Å². The summed E-state index contributed by atoms with van der Waals surface area (Å²) in [7, 11) is 1.87. The molecule has 1 aromatic heterocycles. The van der Waals surface area contributed by atoms with E-state index in [1.807, 2.05) is 24.9 Å². The first-order valence-corrected chi connectivity index (χ1v) is 6.90. The molecule has 1 aromatic carbocycles. The summed E-state index contributed by atoms with van der Waals surface area (Å²) in [4.78, 5) is 13.9. The van der Waals surface area contributed by atoms with Crippen LogP contribution in [0.4, 0.5) is 11.4 Å². The lowest BCUT2D eigenvalue weighted by molar-refractivity contribution is -0.117. The number of hydrogen-bond donors (Lipinski definition) is 2. The van der Waals surface area contributed by atoms with Crippen LogP contribution in [-0.2, 0) is 11.3 Å². The average molecular weight is 308 g/mol. The molecule has 2 aromatic rings. The molecule has 0 saturated carbocycles. The Morgan fingerprint density at radius 3 is 2.81 bits per heavy atom. The first-order chi connectivity index (χ1) is 9.95. The van der Waals surface area contributed by atoms with E-state index in [2.05, 4.69) is 5.32 Å². The summed E-state index contributed by atoms with van der Waals surface area (Å²) >= 11 is 6.03. The molecular formula is C15H18ClN3O2. The standard InChI is InChI=1S/C15H18ClN3O2/c1-10-11(5-6-21-10)8-19(2)9-15(20)18-14-4-3-12(17)7-13(14)16/h3-7H,8-9,17H2,1-2H3,(H,18,20). The number of hydrogen-bond acceptors (Lipinski definition) is 4. The molecule has 1 amide bonds. The summed E-state index contributed by atoms with van der Waals surface area (Å²) in [6.45, 7) is 2.80. The van der Waals surface area contributed by atoms with Gasteiger partial charge < -0.3 is 15.5 Å². The van der Waals surface area contributed by atoms with Gasteiger partial charge in [0.2, 0.25) is 5.91 Å². The molecule has 0 radical (unpaired) electrons. The van der Waals surface area contributed by atoms with Crippen LogP contribution in [0, 0.1) is 6.92 Å². The van der Waals surface area contributed by atoms with E-state index in [-0.39, 0.29) is 12.5 Å². The van der Waals surface area contributed by atoms with E-state index >= 15 is 0 Å². The zero-order chi connectivity index (χ0) is 15.4. The Hall–Kier alpha value is -1.98. The number of carbonyl (C=O) groups excluding carboxylic acids is 1. The fourth-order valence-corrected chi connectivity index (χ4v) is 2.23. The maximum atomic E-state index is 12.0. The monoisotopic (exact) mass is 307 g/mol. The van der Waals surface area contributed by atoms with E-state index in [0.29, 0.717) is 22.9 Å². The van der Waals surface area contributed by atoms with Crippen molar-refractivity contribution in [3.05, 3.63) is 46.9 Å². The van der Waals surface area contributed by atoms with Gasteiger partial charge in [-0.1, -0.05) is 11.6 Å². The van der Waals surface area contributed by atoms with Gasteiger partial charge in [0.1, 0.15) is 5.76 Å². The smallest absolute Gasteiger partial charge is 0.238 e. The predicted octanol–water partition coefficient (Wildman–Crippen LogP) is 2.89. The van der Waals surface area contributed by atoms with Crippen molar-refractivity contribution in [2.45, 2.75) is 13.5 Å². The normalized spacial score (nSPS) is 10.9. The Balaban J connectivity index is 1.90. The molecule has 21 heavy (non-hydrogen) atoms. The van der Waals surface area contributed by atoms with Crippen LogP contribution in [0.1, 0.15) is 11.3 Å². The predicted molar refractivity (Wildman–Crippen MR) is 84.3 cm³/mol. The second-order valence-electron chi connectivity index (χ2n) is 4.96. The lowest BCUT2D eigenvalue weighted by Crippen LogP contribution is -2.30. The maximum absolute atomic E-state index is 12.0. The van der Waals surface area contributed by atoms with Gasteiger partial charge in [0.05, 0.1) is 23.5 Å². The largest absolute Gasteiger partial charge is 0.469 e. The fourth-order valence-electron chi connectivity index (χ4n) is 1.99. The van der Waals surface area contributed by atoms with Crippen molar-refractivity contribution in [3.8, 4) is 0 Å². The van der Waals surface area contributed by atoms with Crippen LogP contribution in [0.3, 0.4) is 0 Å². The van der Waals surface area contributed by atoms with Crippen LogP contribution >= 0.6 is 11.6 Å². The second-order valence-corrected chi connectivity index (χ2v) is 5.37. The van der Waals surface area contributed by atoms with Crippen molar-refractivity contribution in [2.75, 3.05) is 24.6 Å². The summed E-state index contributed by atoms with van der Waals surface area (Å²) in [5, 5.41) is 3.20. The molecule has 0 unspecified atom stereocenters. The average Bonchev–Trinajstić information content (AvgIpc) is 2.78. The zero-order valence-electron chi connectivity index (χ0n) is 12.0. The third-order valence-electron chi connectivity index (χ3n) is 3.09. The van der Waals surface area contributed by atoms with Crippen molar-refractivity contribution >= 4 is 28.9 Å². The molecule has 0 saturated heterocycles. The number of carbonyl (C=O) groups is 1. The van der Waals surface area contributed by atoms with E-state index in [1.54, 1.807) is 24.5 Å². The molecule has 0 atom stereocenters. The number of aryl methyl sites for hydroxylation is 1. The highest BCUT2D eigenvalue weighted by atomic mass is 35.5. The first kappa shape index (κ1) is 15.4. The highest BCUT2D eigenvalue weighted by Crippen LogP contribution is 2.23. The number of nitrogen functional groups attached to an aromatic ring is 1. The van der Waals surface area contributed by atoms with Crippen LogP contribution in [0.15, 0.2) is 34.9 Å². The molecule has 112 valence electrons. The number of nitrogens with zero attached hydrogens (tertiary/aromatic N) is 1. The number of anilines is 2. The highest BCUT2D eigenvalue weighted by molar-refractivity contribution is 6.34. The summed E-state index contributed by atoms with van der Waals surface area (Å²) < 4.78 is 5.24. The zero-order valence-corrected chi connectivity index (χ0v) is 12.8. The molecule has 0 bridgehead atoms. The van der Waals surface area contributed by atoms with E-state index in [9.17, 15) is 4.79 Å². The number of benzene rings is 1. The number of likely N-dealkylation sites (N-methyl/N-ethyl adjacent to an activating group) is 1. The molecule has 0 aliphatic heterocycles. The van der Waals surface area contributed by atoms with Crippen molar-refractivity contribution in [2.24, 2.45) is 0 Å². The van der Waals surface area contributed by atoms with Gasteiger partial charge in [0.25, 0.3) is 0 Å². The molecule has 2 rings (SSSR count). The van der Waals surface area contributed by atoms with E-state index < -0.39 is 0 Å². The SMILES string of the molecule is Cc1occc1CN(C)CC(=O)Nc1ccc(N)cc1Cl. The Morgan fingerprint density at radius 1 is 1.43 bits per heavy atom. The van der Waals surface area contributed by atoms with Crippen LogP contribution < -0.4 is 11.1 Å². The van der Waals surface area contributed by atoms with Crippen molar-refractivity contribution in [3.63, 3.8) is 0 Å². The minimum atomic E-state index is -0.134. The topological polar surface area (TPSA) is 71.5 Å². The van der Waals surface area contributed by atoms with E-state index in [1.165, 1.54) is 0 Å². The number of nitrogens with one attached hydrogen (secondary N) is 1. The van der Waals surface area contributed by atoms with Gasteiger partial charge in [-0.3, -0.25) is 9.69 Å². The van der Waals surface area contributed by atoms with Crippen LogP contribution in [-0.4, -0.2) is 24.4 Å². The lowest BCUT2D eigenvalue weighted by atomic mass is 10.2. The van der Waals surface area contributed by atoms with Gasteiger partial charge in [-0.15, -0.1) is 0 Å². The Bertz CT molecular complexity index is 640. The van der Waals surface area contributed by atoms with Gasteiger partial charge >= 0.3 is 0 Å². The van der Waals surface area contributed by atoms with E-state index in [4.69, 9.17) is 21.8 Å². The summed E-state index contributed by atoms with van der Waals surface area (Å²) in [6, 6.07) is 6.89. The molecule has 6 heteroatoms.